The quantitative estimate of drug-likeness (QED) is 0.703. The molecule has 0 saturated carbocycles. The van der Waals surface area contributed by atoms with Crippen LogP contribution < -0.4 is 5.32 Å². The van der Waals surface area contributed by atoms with Gasteiger partial charge in [0.2, 0.25) is 0 Å². The van der Waals surface area contributed by atoms with E-state index in [1.165, 1.54) is 19.3 Å². The minimum absolute atomic E-state index is 0.132. The van der Waals surface area contributed by atoms with Gasteiger partial charge in [-0.25, -0.2) is 0 Å². The first-order chi connectivity index (χ1) is 10.2. The summed E-state index contributed by atoms with van der Waals surface area (Å²) < 4.78 is 12.8. The fourth-order valence-corrected chi connectivity index (χ4v) is 4.04. The van der Waals surface area contributed by atoms with Crippen LogP contribution >= 0.6 is 0 Å². The number of unbranched alkanes of at least 4 members (excludes halogenated alkanes) is 3. The number of benzene rings is 1. The van der Waals surface area contributed by atoms with E-state index < -0.39 is 10.8 Å². The maximum absolute atomic E-state index is 12.8. The standard InChI is InChI=1S/C17H27NO2S/c1-4-6-7-8-11-14(5-2)21(20)16-13-10-9-12-15(16)17(19)18-3/h9-10,12-14H,4-8,11H2,1-3H3,(H,18,19)/t14-,21?/m0/s1. The highest BCUT2D eigenvalue weighted by Crippen LogP contribution is 2.22. The third-order valence-electron chi connectivity index (χ3n) is 3.71. The highest BCUT2D eigenvalue weighted by atomic mass is 32.2. The second kappa shape index (κ2) is 9.72. The summed E-state index contributed by atoms with van der Waals surface area (Å²) in [4.78, 5) is 12.6. The van der Waals surface area contributed by atoms with Crippen molar-refractivity contribution >= 4 is 16.7 Å². The molecular weight excluding hydrogens is 282 g/mol. The van der Waals surface area contributed by atoms with Crippen LogP contribution in [0.15, 0.2) is 29.2 Å². The average molecular weight is 309 g/mol. The van der Waals surface area contributed by atoms with Crippen molar-refractivity contribution in [2.75, 3.05) is 7.05 Å². The Morgan fingerprint density at radius 3 is 2.52 bits per heavy atom. The Labute approximate surface area is 131 Å². The Morgan fingerprint density at radius 2 is 1.90 bits per heavy atom. The van der Waals surface area contributed by atoms with E-state index in [0.717, 1.165) is 19.3 Å². The normalized spacial score (nSPS) is 13.7. The predicted molar refractivity (Wildman–Crippen MR) is 89.1 cm³/mol. The van der Waals surface area contributed by atoms with Gasteiger partial charge in [0.05, 0.1) is 21.3 Å². The second-order valence-electron chi connectivity index (χ2n) is 5.25. The predicted octanol–water partition coefficient (Wildman–Crippen LogP) is 3.90. The summed E-state index contributed by atoms with van der Waals surface area (Å²) in [5, 5.41) is 2.75. The van der Waals surface area contributed by atoms with Gasteiger partial charge in [-0.2, -0.15) is 0 Å². The van der Waals surface area contributed by atoms with Crippen LogP contribution in [0, 0.1) is 0 Å². The lowest BCUT2D eigenvalue weighted by atomic mass is 10.1. The van der Waals surface area contributed by atoms with Crippen LogP contribution in [0.3, 0.4) is 0 Å². The molecule has 0 fully saturated rings. The number of nitrogens with one attached hydrogen (secondary N) is 1. The summed E-state index contributed by atoms with van der Waals surface area (Å²) in [5.74, 6) is -0.167. The third-order valence-corrected chi connectivity index (χ3v) is 5.68. The van der Waals surface area contributed by atoms with Gasteiger partial charge in [-0.3, -0.25) is 9.00 Å². The molecule has 1 aromatic carbocycles. The van der Waals surface area contributed by atoms with E-state index in [1.54, 1.807) is 13.1 Å². The van der Waals surface area contributed by atoms with E-state index in [9.17, 15) is 9.00 Å². The highest BCUT2D eigenvalue weighted by molar-refractivity contribution is 7.85. The lowest BCUT2D eigenvalue weighted by molar-refractivity contribution is 0.0960. The van der Waals surface area contributed by atoms with Gasteiger partial charge in [-0.15, -0.1) is 0 Å². The molecule has 0 spiro atoms. The highest BCUT2D eigenvalue weighted by Gasteiger charge is 2.21. The van der Waals surface area contributed by atoms with Crippen molar-refractivity contribution in [1.29, 1.82) is 0 Å². The Balaban J connectivity index is 2.82. The summed E-state index contributed by atoms with van der Waals surface area (Å²) in [6.07, 6.45) is 6.59. The summed E-state index contributed by atoms with van der Waals surface area (Å²) in [6, 6.07) is 7.22. The maximum Gasteiger partial charge on any atom is 0.252 e. The number of amides is 1. The number of hydrogen-bond donors (Lipinski definition) is 1. The number of carbonyl (C=O) groups is 1. The molecule has 1 N–H and O–H groups in total. The first kappa shape index (κ1) is 17.9. The molecule has 1 amide bonds. The lowest BCUT2D eigenvalue weighted by Gasteiger charge is -2.16. The molecule has 0 heterocycles. The number of carbonyl (C=O) groups excluding carboxylic acids is 1. The summed E-state index contributed by atoms with van der Waals surface area (Å²) >= 11 is 0. The molecule has 1 aromatic rings. The molecule has 2 atom stereocenters. The summed E-state index contributed by atoms with van der Waals surface area (Å²) in [5.41, 5.74) is 0.533. The lowest BCUT2D eigenvalue weighted by Crippen LogP contribution is -2.22. The molecule has 0 aliphatic carbocycles. The first-order valence-electron chi connectivity index (χ1n) is 7.87. The second-order valence-corrected chi connectivity index (χ2v) is 6.95. The minimum atomic E-state index is -1.12. The van der Waals surface area contributed by atoms with Crippen LogP contribution in [-0.2, 0) is 10.8 Å². The molecule has 4 heteroatoms. The van der Waals surface area contributed by atoms with E-state index >= 15 is 0 Å². The molecule has 21 heavy (non-hydrogen) atoms. The van der Waals surface area contributed by atoms with Gasteiger partial charge in [0.15, 0.2) is 0 Å². The van der Waals surface area contributed by atoms with Crippen molar-refractivity contribution in [2.45, 2.75) is 62.5 Å². The number of hydrogen-bond acceptors (Lipinski definition) is 2. The van der Waals surface area contributed by atoms with Crippen molar-refractivity contribution in [1.82, 2.24) is 5.32 Å². The Hall–Kier alpha value is -1.16. The molecule has 0 bridgehead atoms. The van der Waals surface area contributed by atoms with E-state index in [-0.39, 0.29) is 11.2 Å². The van der Waals surface area contributed by atoms with Crippen molar-refractivity contribution in [2.24, 2.45) is 0 Å². The van der Waals surface area contributed by atoms with Crippen LogP contribution in [0.2, 0.25) is 0 Å². The molecule has 0 aliphatic heterocycles. The van der Waals surface area contributed by atoms with Gasteiger partial charge in [-0.05, 0) is 25.0 Å². The fraction of sp³-hybridized carbons (Fsp3) is 0.588. The van der Waals surface area contributed by atoms with Gasteiger partial charge in [0.1, 0.15) is 0 Å². The van der Waals surface area contributed by atoms with Crippen LogP contribution in [0.5, 0.6) is 0 Å². The molecule has 0 saturated heterocycles. The van der Waals surface area contributed by atoms with Gasteiger partial charge in [0.25, 0.3) is 5.91 Å². The zero-order chi connectivity index (χ0) is 15.7. The molecule has 0 aromatic heterocycles. The van der Waals surface area contributed by atoms with Crippen LogP contribution in [0.1, 0.15) is 62.7 Å². The van der Waals surface area contributed by atoms with Gasteiger partial charge >= 0.3 is 0 Å². The van der Waals surface area contributed by atoms with Crippen LogP contribution in [0.4, 0.5) is 0 Å². The third kappa shape index (κ3) is 5.27. The van der Waals surface area contributed by atoms with Gasteiger partial charge in [-0.1, -0.05) is 51.7 Å². The summed E-state index contributed by atoms with van der Waals surface area (Å²) in [6.45, 7) is 4.26. The minimum Gasteiger partial charge on any atom is -0.355 e. The topological polar surface area (TPSA) is 46.2 Å². The molecule has 3 nitrogen and oxygen atoms in total. The zero-order valence-electron chi connectivity index (χ0n) is 13.4. The first-order valence-corrected chi connectivity index (χ1v) is 9.08. The smallest absolute Gasteiger partial charge is 0.252 e. The Morgan fingerprint density at radius 1 is 1.19 bits per heavy atom. The van der Waals surface area contributed by atoms with Crippen molar-refractivity contribution in [3.63, 3.8) is 0 Å². The van der Waals surface area contributed by atoms with Crippen LogP contribution in [-0.4, -0.2) is 22.4 Å². The SMILES string of the molecule is CCCCCC[C@H](CC)S(=O)c1ccccc1C(=O)NC. The molecule has 0 radical (unpaired) electrons. The van der Waals surface area contributed by atoms with Crippen molar-refractivity contribution < 1.29 is 9.00 Å². The van der Waals surface area contributed by atoms with E-state index in [4.69, 9.17) is 0 Å². The molecular formula is C17H27NO2S. The Bertz CT molecular complexity index is 474. The van der Waals surface area contributed by atoms with Crippen LogP contribution in [0.25, 0.3) is 0 Å². The van der Waals surface area contributed by atoms with Crippen molar-refractivity contribution in [3.8, 4) is 0 Å². The van der Waals surface area contributed by atoms with E-state index in [1.807, 2.05) is 18.2 Å². The van der Waals surface area contributed by atoms with Gasteiger partial charge in [0, 0.05) is 12.3 Å². The molecule has 0 aliphatic rings. The molecule has 1 rings (SSSR count). The zero-order valence-corrected chi connectivity index (χ0v) is 14.2. The largest absolute Gasteiger partial charge is 0.355 e. The fourth-order valence-electron chi connectivity index (χ4n) is 2.41. The van der Waals surface area contributed by atoms with Crippen molar-refractivity contribution in [3.05, 3.63) is 29.8 Å². The van der Waals surface area contributed by atoms with E-state index in [0.29, 0.717) is 10.5 Å². The van der Waals surface area contributed by atoms with E-state index in [2.05, 4.69) is 19.2 Å². The molecule has 1 unspecified atom stereocenters. The van der Waals surface area contributed by atoms with Gasteiger partial charge < -0.3 is 5.32 Å². The maximum atomic E-state index is 12.8. The average Bonchev–Trinajstić information content (AvgIpc) is 2.53. The molecule has 118 valence electrons. The Kier molecular flexibility index (Phi) is 8.28. The summed E-state index contributed by atoms with van der Waals surface area (Å²) in [7, 11) is 0.480. The number of rotatable bonds is 9. The monoisotopic (exact) mass is 309 g/mol.